The van der Waals surface area contributed by atoms with E-state index in [4.69, 9.17) is 4.74 Å². The second-order valence-electron chi connectivity index (χ2n) is 9.50. The van der Waals surface area contributed by atoms with Crippen molar-refractivity contribution in [3.8, 4) is 5.75 Å². The number of nitrogens with zero attached hydrogens (tertiary/aromatic N) is 3. The molecule has 0 spiro atoms. The van der Waals surface area contributed by atoms with Gasteiger partial charge in [-0.15, -0.1) is 0 Å². The number of imidazole rings is 1. The zero-order chi connectivity index (χ0) is 26.6. The van der Waals surface area contributed by atoms with Crippen molar-refractivity contribution in [3.05, 3.63) is 82.9 Å². The van der Waals surface area contributed by atoms with E-state index in [2.05, 4.69) is 15.6 Å². The first-order chi connectivity index (χ1) is 17.8. The third kappa shape index (κ3) is 5.35. The van der Waals surface area contributed by atoms with Gasteiger partial charge in [-0.25, -0.2) is 4.98 Å². The monoisotopic (exact) mass is 503 g/mol. The molecule has 194 valence electrons. The van der Waals surface area contributed by atoms with E-state index in [-0.39, 0.29) is 29.7 Å². The van der Waals surface area contributed by atoms with Gasteiger partial charge in [0.2, 0.25) is 5.91 Å². The van der Waals surface area contributed by atoms with E-state index in [0.717, 1.165) is 22.4 Å². The molecule has 1 aliphatic rings. The van der Waals surface area contributed by atoms with Crippen LogP contribution in [-0.2, 0) is 24.4 Å². The Morgan fingerprint density at radius 3 is 2.49 bits per heavy atom. The van der Waals surface area contributed by atoms with Crippen molar-refractivity contribution in [1.82, 2.24) is 25.1 Å². The van der Waals surface area contributed by atoms with Crippen LogP contribution in [0.2, 0.25) is 0 Å². The molecule has 0 bridgehead atoms. The van der Waals surface area contributed by atoms with Gasteiger partial charge in [0.25, 0.3) is 11.8 Å². The lowest BCUT2D eigenvalue weighted by Gasteiger charge is -2.43. The molecule has 3 aromatic rings. The quantitative estimate of drug-likeness (QED) is 0.467. The second kappa shape index (κ2) is 10.9. The van der Waals surface area contributed by atoms with Crippen molar-refractivity contribution >= 4 is 17.7 Å². The predicted octanol–water partition coefficient (Wildman–Crippen LogP) is 3.07. The van der Waals surface area contributed by atoms with Gasteiger partial charge in [0.1, 0.15) is 17.0 Å². The molecule has 9 nitrogen and oxygen atoms in total. The standard InChI is InChI=1S/C28H33N5O4/c1-5-13-33-26(35)24-23(25(34)29-16-21-8-6-7-19(2)14-21)31-18-32(24)17-28(33,3)27(36)30-15-20-9-11-22(37-4)12-10-20/h6-12,14,18H,5,13,15-17H2,1-4H3,(H,29,34)(H,30,36)/t28-/m0/s1. The highest BCUT2D eigenvalue weighted by Gasteiger charge is 2.48. The zero-order valence-electron chi connectivity index (χ0n) is 21.7. The molecule has 0 radical (unpaired) electrons. The first-order valence-corrected chi connectivity index (χ1v) is 12.4. The molecule has 0 aliphatic carbocycles. The third-order valence-corrected chi connectivity index (χ3v) is 6.66. The van der Waals surface area contributed by atoms with Crippen molar-refractivity contribution in [2.24, 2.45) is 0 Å². The van der Waals surface area contributed by atoms with Crippen LogP contribution in [0.3, 0.4) is 0 Å². The van der Waals surface area contributed by atoms with Crippen molar-refractivity contribution in [1.29, 1.82) is 0 Å². The van der Waals surface area contributed by atoms with Crippen molar-refractivity contribution in [3.63, 3.8) is 0 Å². The summed E-state index contributed by atoms with van der Waals surface area (Å²) in [5.74, 6) is -0.337. The van der Waals surface area contributed by atoms with Gasteiger partial charge < -0.3 is 24.8 Å². The van der Waals surface area contributed by atoms with Crippen molar-refractivity contribution < 1.29 is 19.1 Å². The highest BCUT2D eigenvalue weighted by atomic mass is 16.5. The number of rotatable bonds is 9. The Balaban J connectivity index is 1.52. The van der Waals surface area contributed by atoms with Crippen LogP contribution >= 0.6 is 0 Å². The number of methoxy groups -OCH3 is 1. The molecule has 1 aliphatic heterocycles. The molecule has 0 saturated carbocycles. The molecule has 0 saturated heterocycles. The Hall–Kier alpha value is -4.14. The summed E-state index contributed by atoms with van der Waals surface area (Å²) < 4.78 is 6.80. The molecule has 2 aromatic carbocycles. The van der Waals surface area contributed by atoms with Gasteiger partial charge in [0, 0.05) is 19.6 Å². The number of aryl methyl sites for hydroxylation is 1. The average Bonchev–Trinajstić information content (AvgIpc) is 3.32. The van der Waals surface area contributed by atoms with Crippen LogP contribution in [0.4, 0.5) is 0 Å². The van der Waals surface area contributed by atoms with E-state index < -0.39 is 11.4 Å². The van der Waals surface area contributed by atoms with Crippen LogP contribution in [-0.4, -0.2) is 51.4 Å². The summed E-state index contributed by atoms with van der Waals surface area (Å²) in [5, 5.41) is 5.83. The van der Waals surface area contributed by atoms with Crippen LogP contribution in [0, 0.1) is 6.92 Å². The Labute approximate surface area is 216 Å². The molecule has 0 fully saturated rings. The number of hydrogen-bond acceptors (Lipinski definition) is 5. The number of nitrogens with one attached hydrogen (secondary N) is 2. The maximum atomic E-state index is 13.7. The minimum atomic E-state index is -1.14. The molecule has 2 heterocycles. The van der Waals surface area contributed by atoms with Crippen LogP contribution in [0.5, 0.6) is 5.75 Å². The summed E-state index contributed by atoms with van der Waals surface area (Å²) in [4.78, 5) is 45.9. The van der Waals surface area contributed by atoms with Crippen LogP contribution in [0.25, 0.3) is 0 Å². The lowest BCUT2D eigenvalue weighted by molar-refractivity contribution is -0.133. The van der Waals surface area contributed by atoms with Gasteiger partial charge >= 0.3 is 0 Å². The Bertz CT molecular complexity index is 1300. The highest BCUT2D eigenvalue weighted by molar-refractivity contribution is 6.07. The van der Waals surface area contributed by atoms with E-state index in [0.29, 0.717) is 26.1 Å². The average molecular weight is 504 g/mol. The van der Waals surface area contributed by atoms with Crippen LogP contribution in [0.15, 0.2) is 54.9 Å². The number of carbonyl (C=O) groups excluding carboxylic acids is 3. The van der Waals surface area contributed by atoms with E-state index in [1.807, 2.05) is 62.4 Å². The summed E-state index contributed by atoms with van der Waals surface area (Å²) in [6.07, 6.45) is 2.13. The van der Waals surface area contributed by atoms with Gasteiger partial charge in [-0.1, -0.05) is 48.9 Å². The SMILES string of the molecule is CCCN1C(=O)c2c(C(=O)NCc3cccc(C)c3)ncn2C[C@@]1(C)C(=O)NCc1ccc(OC)cc1. The molecule has 1 atom stereocenters. The van der Waals surface area contributed by atoms with Gasteiger partial charge in [0.15, 0.2) is 5.69 Å². The van der Waals surface area contributed by atoms with Gasteiger partial charge in [-0.2, -0.15) is 0 Å². The number of carbonyl (C=O) groups is 3. The van der Waals surface area contributed by atoms with Gasteiger partial charge in [0.05, 0.1) is 20.0 Å². The number of amides is 3. The molecule has 9 heteroatoms. The zero-order valence-corrected chi connectivity index (χ0v) is 21.7. The maximum Gasteiger partial charge on any atom is 0.273 e. The summed E-state index contributed by atoms with van der Waals surface area (Å²) in [6, 6.07) is 15.3. The first kappa shape index (κ1) is 25.9. The largest absolute Gasteiger partial charge is 0.497 e. The fraction of sp³-hybridized carbons (Fsp3) is 0.357. The molecular formula is C28H33N5O4. The van der Waals surface area contributed by atoms with E-state index >= 15 is 0 Å². The highest BCUT2D eigenvalue weighted by Crippen LogP contribution is 2.29. The minimum absolute atomic E-state index is 0.0689. The van der Waals surface area contributed by atoms with E-state index in [1.165, 1.54) is 6.33 Å². The number of hydrogen-bond donors (Lipinski definition) is 2. The van der Waals surface area contributed by atoms with Gasteiger partial charge in [-0.3, -0.25) is 14.4 Å². The fourth-order valence-electron chi connectivity index (χ4n) is 4.63. The molecule has 37 heavy (non-hydrogen) atoms. The lowest BCUT2D eigenvalue weighted by atomic mass is 9.93. The lowest BCUT2D eigenvalue weighted by Crippen LogP contribution is -2.64. The Kier molecular flexibility index (Phi) is 7.61. The van der Waals surface area contributed by atoms with Crippen LogP contribution < -0.4 is 15.4 Å². The third-order valence-electron chi connectivity index (χ3n) is 6.66. The van der Waals surface area contributed by atoms with Crippen molar-refractivity contribution in [2.75, 3.05) is 13.7 Å². The molecule has 3 amide bonds. The number of fused-ring (bicyclic) bond motifs is 1. The minimum Gasteiger partial charge on any atom is -0.497 e. The normalized spacial score (nSPS) is 16.8. The first-order valence-electron chi connectivity index (χ1n) is 12.4. The van der Waals surface area contributed by atoms with E-state index in [1.54, 1.807) is 23.5 Å². The topological polar surface area (TPSA) is 106 Å². The number of benzene rings is 2. The molecule has 4 rings (SSSR count). The summed E-state index contributed by atoms with van der Waals surface area (Å²) in [6.45, 7) is 6.90. The Morgan fingerprint density at radius 2 is 1.81 bits per heavy atom. The van der Waals surface area contributed by atoms with Crippen LogP contribution in [0.1, 0.15) is 57.9 Å². The van der Waals surface area contributed by atoms with Crippen molar-refractivity contribution in [2.45, 2.75) is 52.4 Å². The van der Waals surface area contributed by atoms with Gasteiger partial charge in [-0.05, 0) is 43.5 Å². The summed E-state index contributed by atoms with van der Waals surface area (Å²) >= 11 is 0. The molecule has 0 unspecified atom stereocenters. The fourth-order valence-corrected chi connectivity index (χ4v) is 4.63. The Morgan fingerprint density at radius 1 is 1.08 bits per heavy atom. The van der Waals surface area contributed by atoms with E-state index in [9.17, 15) is 14.4 Å². The number of ether oxygens (including phenoxy) is 1. The second-order valence-corrected chi connectivity index (χ2v) is 9.50. The smallest absolute Gasteiger partial charge is 0.273 e. The molecular weight excluding hydrogens is 470 g/mol. The molecule has 2 N–H and O–H groups in total. The number of aromatic nitrogens is 2. The maximum absolute atomic E-state index is 13.7. The summed E-state index contributed by atoms with van der Waals surface area (Å²) in [7, 11) is 1.60. The predicted molar refractivity (Wildman–Crippen MR) is 139 cm³/mol. The molecule has 1 aromatic heterocycles. The summed E-state index contributed by atoms with van der Waals surface area (Å²) in [5.41, 5.74) is 2.11.